The minimum Gasteiger partial charge on any atom is -0.406 e. The summed E-state index contributed by atoms with van der Waals surface area (Å²) in [5.41, 5.74) is 2.46. The maximum Gasteiger partial charge on any atom is 0.573 e. The van der Waals surface area contributed by atoms with Crippen molar-refractivity contribution in [2.45, 2.75) is 12.8 Å². The molecule has 0 fully saturated rings. The van der Waals surface area contributed by atoms with Gasteiger partial charge >= 0.3 is 6.36 Å². The molecular weight excluding hydrogens is 286 g/mol. The molecule has 6 heteroatoms. The van der Waals surface area contributed by atoms with Crippen molar-refractivity contribution in [3.63, 3.8) is 0 Å². The number of ether oxygens (including phenoxy) is 1. The molecule has 2 aromatic carbocycles. The SMILES string of the molecule is Fc1ccc2c(c1)N=C(c1cccc(OC(F)(F)F)c1)C2. The van der Waals surface area contributed by atoms with Crippen molar-refractivity contribution in [1.29, 1.82) is 0 Å². The molecule has 1 aliphatic rings. The van der Waals surface area contributed by atoms with E-state index in [0.717, 1.165) is 5.56 Å². The minimum absolute atomic E-state index is 0.301. The number of alkyl halides is 3. The predicted molar refractivity (Wildman–Crippen MR) is 69.4 cm³/mol. The van der Waals surface area contributed by atoms with E-state index in [1.165, 1.54) is 30.3 Å². The molecule has 0 saturated heterocycles. The van der Waals surface area contributed by atoms with Gasteiger partial charge in [-0.05, 0) is 35.4 Å². The summed E-state index contributed by atoms with van der Waals surface area (Å²) in [7, 11) is 0. The molecule has 0 spiro atoms. The fourth-order valence-corrected chi connectivity index (χ4v) is 2.20. The zero-order chi connectivity index (χ0) is 15.0. The van der Waals surface area contributed by atoms with Crippen molar-refractivity contribution in [1.82, 2.24) is 0 Å². The van der Waals surface area contributed by atoms with Crippen LogP contribution in [0.25, 0.3) is 0 Å². The molecule has 3 rings (SSSR count). The van der Waals surface area contributed by atoms with Crippen LogP contribution in [0.5, 0.6) is 5.75 Å². The Labute approximate surface area is 117 Å². The highest BCUT2D eigenvalue weighted by Crippen LogP contribution is 2.31. The fraction of sp³-hybridized carbons (Fsp3) is 0.133. The molecule has 0 radical (unpaired) electrons. The number of nitrogens with zero attached hydrogens (tertiary/aromatic N) is 1. The maximum absolute atomic E-state index is 13.1. The van der Waals surface area contributed by atoms with Gasteiger partial charge in [-0.1, -0.05) is 18.2 Å². The average molecular weight is 295 g/mol. The normalized spacial score (nSPS) is 13.8. The Morgan fingerprint density at radius 1 is 1.05 bits per heavy atom. The van der Waals surface area contributed by atoms with E-state index in [4.69, 9.17) is 0 Å². The molecule has 2 nitrogen and oxygen atoms in total. The molecule has 1 heterocycles. The third-order valence-electron chi connectivity index (χ3n) is 3.06. The van der Waals surface area contributed by atoms with Crippen LogP contribution in [0.2, 0.25) is 0 Å². The molecule has 0 aromatic heterocycles. The third-order valence-corrected chi connectivity index (χ3v) is 3.06. The molecule has 0 amide bonds. The Kier molecular flexibility index (Phi) is 3.16. The second-order valence-corrected chi connectivity index (χ2v) is 4.58. The van der Waals surface area contributed by atoms with Crippen molar-refractivity contribution < 1.29 is 22.3 Å². The van der Waals surface area contributed by atoms with Crippen LogP contribution in [0.3, 0.4) is 0 Å². The summed E-state index contributed by atoms with van der Waals surface area (Å²) < 4.78 is 53.7. The van der Waals surface area contributed by atoms with Crippen LogP contribution < -0.4 is 4.74 Å². The van der Waals surface area contributed by atoms with Gasteiger partial charge in [-0.25, -0.2) is 4.39 Å². The van der Waals surface area contributed by atoms with E-state index in [1.54, 1.807) is 12.1 Å². The van der Waals surface area contributed by atoms with Gasteiger partial charge in [0.2, 0.25) is 0 Å². The number of benzene rings is 2. The Bertz CT molecular complexity index is 722. The van der Waals surface area contributed by atoms with Crippen molar-refractivity contribution in [2.75, 3.05) is 0 Å². The molecule has 2 aromatic rings. The predicted octanol–water partition coefficient (Wildman–Crippen LogP) is 4.40. The summed E-state index contributed by atoms with van der Waals surface area (Å²) in [5.74, 6) is -0.697. The largest absolute Gasteiger partial charge is 0.573 e. The molecule has 0 N–H and O–H groups in total. The van der Waals surface area contributed by atoms with Gasteiger partial charge in [0.05, 0.1) is 11.4 Å². The van der Waals surface area contributed by atoms with Crippen LogP contribution in [0, 0.1) is 5.82 Å². The lowest BCUT2D eigenvalue weighted by molar-refractivity contribution is -0.274. The zero-order valence-corrected chi connectivity index (χ0v) is 10.6. The summed E-state index contributed by atoms with van der Waals surface area (Å²) in [5, 5.41) is 0. The van der Waals surface area contributed by atoms with E-state index in [9.17, 15) is 17.6 Å². The highest BCUT2D eigenvalue weighted by molar-refractivity contribution is 6.06. The standard InChI is InChI=1S/C15H9F4NO/c16-11-5-4-10-7-13(20-14(10)8-11)9-2-1-3-12(6-9)21-15(17,18)19/h1-6,8H,7H2. The lowest BCUT2D eigenvalue weighted by Crippen LogP contribution is -2.17. The first-order chi connectivity index (χ1) is 9.90. The van der Waals surface area contributed by atoms with Crippen LogP contribution in [0.4, 0.5) is 23.2 Å². The van der Waals surface area contributed by atoms with Gasteiger partial charge in [-0.2, -0.15) is 0 Å². The van der Waals surface area contributed by atoms with Crippen LogP contribution in [0.1, 0.15) is 11.1 Å². The highest BCUT2D eigenvalue weighted by atomic mass is 19.4. The first-order valence-corrected chi connectivity index (χ1v) is 6.13. The summed E-state index contributed by atoms with van der Waals surface area (Å²) >= 11 is 0. The molecule has 0 aliphatic carbocycles. The maximum atomic E-state index is 13.1. The van der Waals surface area contributed by atoms with Crippen molar-refractivity contribution in [3.8, 4) is 5.75 Å². The van der Waals surface area contributed by atoms with E-state index < -0.39 is 12.2 Å². The van der Waals surface area contributed by atoms with Crippen molar-refractivity contribution >= 4 is 11.4 Å². The first-order valence-electron chi connectivity index (χ1n) is 6.13. The Morgan fingerprint density at radius 2 is 1.86 bits per heavy atom. The summed E-state index contributed by atoms with van der Waals surface area (Å²) in [6, 6.07) is 9.86. The Balaban J connectivity index is 1.89. The van der Waals surface area contributed by atoms with Gasteiger partial charge < -0.3 is 4.74 Å². The molecule has 1 aliphatic heterocycles. The number of rotatable bonds is 2. The number of halogens is 4. The fourth-order valence-electron chi connectivity index (χ4n) is 2.20. The summed E-state index contributed by atoms with van der Waals surface area (Å²) in [4.78, 5) is 4.26. The second kappa shape index (κ2) is 4.87. The summed E-state index contributed by atoms with van der Waals surface area (Å²) in [6.45, 7) is 0. The van der Waals surface area contributed by atoms with Gasteiger partial charge in [0, 0.05) is 6.42 Å². The van der Waals surface area contributed by atoms with Gasteiger partial charge in [0.1, 0.15) is 11.6 Å². The Hall–Kier alpha value is -2.37. The first kappa shape index (κ1) is 13.6. The average Bonchev–Trinajstić information content (AvgIpc) is 2.80. The molecule has 0 saturated carbocycles. The molecule has 0 bridgehead atoms. The van der Waals surface area contributed by atoms with E-state index in [2.05, 4.69) is 9.73 Å². The highest BCUT2D eigenvalue weighted by Gasteiger charge is 2.31. The molecule has 21 heavy (non-hydrogen) atoms. The van der Waals surface area contributed by atoms with Gasteiger partial charge in [-0.15, -0.1) is 13.2 Å². The number of aliphatic imine (C=N–C) groups is 1. The van der Waals surface area contributed by atoms with Crippen molar-refractivity contribution in [3.05, 3.63) is 59.4 Å². The topological polar surface area (TPSA) is 21.6 Å². The van der Waals surface area contributed by atoms with Crippen LogP contribution >= 0.6 is 0 Å². The number of hydrogen-bond donors (Lipinski definition) is 0. The smallest absolute Gasteiger partial charge is 0.406 e. The van der Waals surface area contributed by atoms with E-state index in [-0.39, 0.29) is 5.75 Å². The van der Waals surface area contributed by atoms with Crippen molar-refractivity contribution in [2.24, 2.45) is 4.99 Å². The minimum atomic E-state index is -4.73. The molecule has 108 valence electrons. The van der Waals surface area contributed by atoms with E-state index >= 15 is 0 Å². The number of fused-ring (bicyclic) bond motifs is 1. The Morgan fingerprint density at radius 3 is 2.62 bits per heavy atom. The monoisotopic (exact) mass is 295 g/mol. The van der Waals surface area contributed by atoms with E-state index in [0.29, 0.717) is 23.4 Å². The van der Waals surface area contributed by atoms with E-state index in [1.807, 2.05) is 0 Å². The molecule has 0 unspecified atom stereocenters. The van der Waals surface area contributed by atoms with Gasteiger partial charge in [0.25, 0.3) is 0 Å². The summed E-state index contributed by atoms with van der Waals surface area (Å²) in [6.07, 6.45) is -4.28. The third kappa shape index (κ3) is 3.04. The number of hydrogen-bond acceptors (Lipinski definition) is 2. The van der Waals surface area contributed by atoms with Crippen LogP contribution in [-0.2, 0) is 6.42 Å². The van der Waals surface area contributed by atoms with Crippen LogP contribution in [0.15, 0.2) is 47.5 Å². The molecular formula is C15H9F4NO. The van der Waals surface area contributed by atoms with Gasteiger partial charge in [0.15, 0.2) is 0 Å². The lowest BCUT2D eigenvalue weighted by Gasteiger charge is -2.09. The van der Waals surface area contributed by atoms with Gasteiger partial charge in [-0.3, -0.25) is 4.99 Å². The second-order valence-electron chi connectivity index (χ2n) is 4.58. The molecule has 0 atom stereocenters. The zero-order valence-electron chi connectivity index (χ0n) is 10.6. The lowest BCUT2D eigenvalue weighted by atomic mass is 10.0. The van der Waals surface area contributed by atoms with Crippen LogP contribution in [-0.4, -0.2) is 12.1 Å². The quantitative estimate of drug-likeness (QED) is 0.752.